The van der Waals surface area contributed by atoms with E-state index >= 15 is 0 Å². The lowest BCUT2D eigenvalue weighted by Crippen LogP contribution is -2.40. The number of nitrogens with zero attached hydrogens (tertiary/aromatic N) is 1. The van der Waals surface area contributed by atoms with E-state index in [1.165, 1.54) is 0 Å². The third kappa shape index (κ3) is 3.42. The van der Waals surface area contributed by atoms with Gasteiger partial charge in [-0.2, -0.15) is 0 Å². The second-order valence-corrected chi connectivity index (χ2v) is 5.16. The van der Waals surface area contributed by atoms with E-state index in [1.807, 2.05) is 37.4 Å². The fourth-order valence-electron chi connectivity index (χ4n) is 2.64. The highest BCUT2D eigenvalue weighted by molar-refractivity contribution is 5.89. The van der Waals surface area contributed by atoms with Crippen LogP contribution in [0.1, 0.15) is 25.8 Å². The second kappa shape index (κ2) is 6.43. The van der Waals surface area contributed by atoms with Crippen molar-refractivity contribution in [3.63, 3.8) is 0 Å². The number of aliphatic carboxylic acids is 1. The molecule has 112 valence electrons. The van der Waals surface area contributed by atoms with E-state index in [0.29, 0.717) is 6.54 Å². The van der Waals surface area contributed by atoms with Gasteiger partial charge in [0, 0.05) is 29.7 Å². The molecule has 2 aromatic rings. The molecule has 21 heavy (non-hydrogen) atoms. The molecule has 5 nitrogen and oxygen atoms in total. The van der Waals surface area contributed by atoms with Crippen molar-refractivity contribution in [3.05, 3.63) is 36.0 Å². The summed E-state index contributed by atoms with van der Waals surface area (Å²) < 4.78 is 0. The number of rotatable bonds is 6. The highest BCUT2D eigenvalue weighted by Crippen LogP contribution is 2.19. The maximum Gasteiger partial charge on any atom is 0.305 e. The van der Waals surface area contributed by atoms with E-state index < -0.39 is 5.97 Å². The molecule has 2 rings (SSSR count). The lowest BCUT2D eigenvalue weighted by Gasteiger charge is -2.27. The van der Waals surface area contributed by atoms with Crippen molar-refractivity contribution >= 4 is 22.8 Å². The van der Waals surface area contributed by atoms with Gasteiger partial charge in [-0.15, -0.1) is 0 Å². The van der Waals surface area contributed by atoms with Crippen LogP contribution in [0.15, 0.2) is 30.5 Å². The number of fused-ring (bicyclic) bond motifs is 1. The van der Waals surface area contributed by atoms with E-state index in [0.717, 1.165) is 16.5 Å². The topological polar surface area (TPSA) is 73.4 Å². The number of carboxylic acid groups (broad SMARTS) is 1. The number of H-pyrrole nitrogens is 1. The number of benzene rings is 1. The van der Waals surface area contributed by atoms with Crippen LogP contribution in [0.3, 0.4) is 0 Å². The lowest BCUT2D eigenvalue weighted by atomic mass is 10.1. The van der Waals surface area contributed by atoms with Gasteiger partial charge >= 0.3 is 5.97 Å². The first-order chi connectivity index (χ1) is 10.0. The molecular weight excluding hydrogens is 268 g/mol. The molecule has 0 spiro atoms. The average molecular weight is 288 g/mol. The van der Waals surface area contributed by atoms with Crippen molar-refractivity contribution in [2.24, 2.45) is 0 Å². The third-order valence-electron chi connectivity index (χ3n) is 3.68. The first kappa shape index (κ1) is 15.1. The number of aromatic amines is 1. The molecule has 1 aromatic heterocycles. The predicted molar refractivity (Wildman–Crippen MR) is 81.1 cm³/mol. The monoisotopic (exact) mass is 288 g/mol. The van der Waals surface area contributed by atoms with Crippen LogP contribution in [-0.2, 0) is 16.0 Å². The summed E-state index contributed by atoms with van der Waals surface area (Å²) in [4.78, 5) is 28.0. The summed E-state index contributed by atoms with van der Waals surface area (Å²) in [7, 11) is 0. The van der Waals surface area contributed by atoms with Crippen LogP contribution in [0.4, 0.5) is 0 Å². The number of aromatic nitrogens is 1. The Kier molecular flexibility index (Phi) is 4.62. The van der Waals surface area contributed by atoms with Crippen LogP contribution in [0.5, 0.6) is 0 Å². The summed E-state index contributed by atoms with van der Waals surface area (Å²) in [6, 6.07) is 7.52. The van der Waals surface area contributed by atoms with Crippen LogP contribution < -0.4 is 0 Å². The smallest absolute Gasteiger partial charge is 0.305 e. The van der Waals surface area contributed by atoms with Gasteiger partial charge in [-0.25, -0.2) is 0 Å². The minimum Gasteiger partial charge on any atom is -0.481 e. The Labute approximate surface area is 123 Å². The molecule has 0 bridgehead atoms. The van der Waals surface area contributed by atoms with Gasteiger partial charge in [-0.1, -0.05) is 18.2 Å². The molecule has 5 heteroatoms. The van der Waals surface area contributed by atoms with Crippen molar-refractivity contribution in [2.75, 3.05) is 6.54 Å². The Morgan fingerprint density at radius 2 is 2.05 bits per heavy atom. The summed E-state index contributed by atoms with van der Waals surface area (Å²) in [5.74, 6) is -0.933. The molecule has 0 aliphatic heterocycles. The number of carboxylic acids is 1. The standard InChI is InChI=1S/C16H20N2O3/c1-3-18(11(2)8-16(20)21)15(19)9-12-10-17-14-7-5-4-6-13(12)14/h4-7,10-11,17H,3,8-9H2,1-2H3,(H,20,21). The molecule has 0 aliphatic carbocycles. The van der Waals surface area contributed by atoms with Crippen molar-refractivity contribution in [2.45, 2.75) is 32.7 Å². The molecule has 0 aliphatic rings. The summed E-state index contributed by atoms with van der Waals surface area (Å²) in [6.07, 6.45) is 2.09. The molecule has 0 saturated carbocycles. The Bertz CT molecular complexity index is 648. The molecule has 1 aromatic carbocycles. The minimum absolute atomic E-state index is 0.0343. The van der Waals surface area contributed by atoms with E-state index in [4.69, 9.17) is 5.11 Å². The number of hydrogen-bond acceptors (Lipinski definition) is 2. The third-order valence-corrected chi connectivity index (χ3v) is 3.68. The van der Waals surface area contributed by atoms with Gasteiger partial charge in [0.05, 0.1) is 12.8 Å². The SMILES string of the molecule is CCN(C(=O)Cc1c[nH]c2ccccc12)C(C)CC(=O)O. The summed E-state index contributed by atoms with van der Waals surface area (Å²) in [5, 5.41) is 9.90. The summed E-state index contributed by atoms with van der Waals surface area (Å²) in [6.45, 7) is 4.14. The number of carbonyl (C=O) groups excluding carboxylic acids is 1. The lowest BCUT2D eigenvalue weighted by molar-refractivity contribution is -0.140. The van der Waals surface area contributed by atoms with Crippen LogP contribution >= 0.6 is 0 Å². The van der Waals surface area contributed by atoms with Crippen molar-refractivity contribution in [1.82, 2.24) is 9.88 Å². The van der Waals surface area contributed by atoms with Gasteiger partial charge in [0.2, 0.25) is 5.91 Å². The van der Waals surface area contributed by atoms with Gasteiger partial charge < -0.3 is 15.0 Å². The highest BCUT2D eigenvalue weighted by Gasteiger charge is 2.21. The van der Waals surface area contributed by atoms with Crippen LogP contribution in [-0.4, -0.2) is 39.5 Å². The second-order valence-electron chi connectivity index (χ2n) is 5.16. The quantitative estimate of drug-likeness (QED) is 0.857. The van der Waals surface area contributed by atoms with Gasteiger partial charge in [0.1, 0.15) is 0 Å². The Morgan fingerprint density at radius 1 is 1.33 bits per heavy atom. The van der Waals surface area contributed by atoms with Crippen LogP contribution in [0.2, 0.25) is 0 Å². The van der Waals surface area contributed by atoms with E-state index in [9.17, 15) is 9.59 Å². The Morgan fingerprint density at radius 3 is 2.71 bits per heavy atom. The highest BCUT2D eigenvalue weighted by atomic mass is 16.4. The summed E-state index contributed by atoms with van der Waals surface area (Å²) >= 11 is 0. The Hall–Kier alpha value is -2.30. The number of likely N-dealkylation sites (N-methyl/N-ethyl adjacent to an activating group) is 1. The molecule has 0 radical (unpaired) electrons. The molecule has 0 saturated heterocycles. The van der Waals surface area contributed by atoms with Gasteiger partial charge in [-0.3, -0.25) is 9.59 Å². The number of hydrogen-bond donors (Lipinski definition) is 2. The molecule has 1 atom stereocenters. The first-order valence-electron chi connectivity index (χ1n) is 7.09. The van der Waals surface area contributed by atoms with Gasteiger partial charge in [-0.05, 0) is 25.5 Å². The van der Waals surface area contributed by atoms with Crippen molar-refractivity contribution < 1.29 is 14.7 Å². The largest absolute Gasteiger partial charge is 0.481 e. The van der Waals surface area contributed by atoms with E-state index in [2.05, 4.69) is 4.98 Å². The molecular formula is C16H20N2O3. The number of nitrogens with one attached hydrogen (secondary N) is 1. The maximum atomic E-state index is 12.4. The zero-order valence-electron chi connectivity index (χ0n) is 12.3. The van der Waals surface area contributed by atoms with Crippen LogP contribution in [0.25, 0.3) is 10.9 Å². The molecule has 1 heterocycles. The summed E-state index contributed by atoms with van der Waals surface area (Å²) in [5.41, 5.74) is 1.94. The van der Waals surface area contributed by atoms with Gasteiger partial charge in [0.15, 0.2) is 0 Å². The number of carbonyl (C=O) groups is 2. The van der Waals surface area contributed by atoms with Gasteiger partial charge in [0.25, 0.3) is 0 Å². The minimum atomic E-state index is -0.888. The van der Waals surface area contributed by atoms with Crippen molar-refractivity contribution in [3.8, 4) is 0 Å². The molecule has 1 unspecified atom stereocenters. The molecule has 0 fully saturated rings. The molecule has 2 N–H and O–H groups in total. The average Bonchev–Trinajstić information content (AvgIpc) is 2.82. The zero-order chi connectivity index (χ0) is 15.4. The van der Waals surface area contributed by atoms with Crippen LogP contribution in [0, 0.1) is 0 Å². The molecule has 1 amide bonds. The predicted octanol–water partition coefficient (Wildman–Crippen LogP) is 2.42. The number of para-hydroxylation sites is 1. The fraction of sp³-hybridized carbons (Fsp3) is 0.375. The Balaban J connectivity index is 2.14. The number of amides is 1. The first-order valence-corrected chi connectivity index (χ1v) is 7.09. The normalized spacial score (nSPS) is 12.3. The van der Waals surface area contributed by atoms with E-state index in [-0.39, 0.29) is 24.8 Å². The van der Waals surface area contributed by atoms with E-state index in [1.54, 1.807) is 11.8 Å². The van der Waals surface area contributed by atoms with Crippen molar-refractivity contribution in [1.29, 1.82) is 0 Å². The fourth-order valence-corrected chi connectivity index (χ4v) is 2.64. The zero-order valence-corrected chi connectivity index (χ0v) is 12.3. The maximum absolute atomic E-state index is 12.4.